The van der Waals surface area contributed by atoms with Gasteiger partial charge in [-0.3, -0.25) is 0 Å². The van der Waals surface area contributed by atoms with Crippen molar-refractivity contribution in [3.8, 4) is 0 Å². The molecule has 0 fully saturated rings. The standard InChI is InChI=1S/C9H14N2O3S2/c10-7-4-8(15-3-1-2-12)6-9(5-7)16(11,13)14/h4-6,12H,1-3,10H2,(H2,11,13,14). The number of hydrogen-bond acceptors (Lipinski definition) is 5. The van der Waals surface area contributed by atoms with Gasteiger partial charge in [0.15, 0.2) is 0 Å². The van der Waals surface area contributed by atoms with Crippen molar-refractivity contribution < 1.29 is 13.5 Å². The minimum atomic E-state index is -3.72. The molecule has 0 heterocycles. The van der Waals surface area contributed by atoms with E-state index in [1.54, 1.807) is 6.07 Å². The van der Waals surface area contributed by atoms with Gasteiger partial charge in [-0.05, 0) is 24.6 Å². The molecular formula is C9H14N2O3S2. The van der Waals surface area contributed by atoms with Gasteiger partial charge in [-0.15, -0.1) is 11.8 Å². The van der Waals surface area contributed by atoms with E-state index >= 15 is 0 Å². The summed E-state index contributed by atoms with van der Waals surface area (Å²) in [6, 6.07) is 4.48. The number of thioether (sulfide) groups is 1. The summed E-state index contributed by atoms with van der Waals surface area (Å²) < 4.78 is 22.3. The van der Waals surface area contributed by atoms with Gasteiger partial charge in [0.05, 0.1) is 4.90 Å². The molecule has 1 rings (SSSR count). The average molecular weight is 262 g/mol. The van der Waals surface area contributed by atoms with Crippen LogP contribution in [0.4, 0.5) is 5.69 Å². The van der Waals surface area contributed by atoms with Crippen LogP contribution >= 0.6 is 11.8 Å². The first kappa shape index (κ1) is 13.3. The number of aliphatic hydroxyl groups excluding tert-OH is 1. The number of nitrogen functional groups attached to an aromatic ring is 1. The molecule has 0 atom stereocenters. The van der Waals surface area contributed by atoms with Crippen LogP contribution in [0.3, 0.4) is 0 Å². The zero-order valence-electron chi connectivity index (χ0n) is 8.59. The largest absolute Gasteiger partial charge is 0.399 e. The smallest absolute Gasteiger partial charge is 0.238 e. The number of rotatable bonds is 5. The number of anilines is 1. The molecule has 0 saturated carbocycles. The molecule has 0 amide bonds. The van der Waals surface area contributed by atoms with Gasteiger partial charge >= 0.3 is 0 Å². The number of aliphatic hydroxyl groups is 1. The Morgan fingerprint density at radius 3 is 2.56 bits per heavy atom. The minimum Gasteiger partial charge on any atom is -0.399 e. The van der Waals surface area contributed by atoms with Crippen LogP contribution in [0.1, 0.15) is 6.42 Å². The third-order valence-corrected chi connectivity index (χ3v) is 3.76. The quantitative estimate of drug-likeness (QED) is 0.404. The predicted octanol–water partition coefficient (Wildman–Crippen LogP) is 0.391. The molecule has 1 aromatic rings. The van der Waals surface area contributed by atoms with Crippen LogP contribution in [-0.2, 0) is 10.0 Å². The Balaban J connectivity index is 2.91. The molecule has 0 aromatic heterocycles. The summed E-state index contributed by atoms with van der Waals surface area (Å²) >= 11 is 1.43. The van der Waals surface area contributed by atoms with Gasteiger partial charge < -0.3 is 10.8 Å². The lowest BCUT2D eigenvalue weighted by Gasteiger charge is -2.05. The van der Waals surface area contributed by atoms with E-state index in [1.807, 2.05) is 0 Å². The summed E-state index contributed by atoms with van der Waals surface area (Å²) in [7, 11) is -3.72. The Labute approximate surface area is 98.9 Å². The van der Waals surface area contributed by atoms with Crippen molar-refractivity contribution in [3.05, 3.63) is 18.2 Å². The van der Waals surface area contributed by atoms with Crippen molar-refractivity contribution in [2.75, 3.05) is 18.1 Å². The third kappa shape index (κ3) is 4.01. The van der Waals surface area contributed by atoms with Gasteiger partial charge in [-0.2, -0.15) is 0 Å². The van der Waals surface area contributed by atoms with E-state index in [9.17, 15) is 8.42 Å². The Morgan fingerprint density at radius 2 is 2.00 bits per heavy atom. The molecule has 0 bridgehead atoms. The molecule has 0 unspecified atom stereocenters. The van der Waals surface area contributed by atoms with Crippen LogP contribution in [0.15, 0.2) is 28.0 Å². The van der Waals surface area contributed by atoms with Gasteiger partial charge in [0.1, 0.15) is 0 Å². The maximum Gasteiger partial charge on any atom is 0.238 e. The van der Waals surface area contributed by atoms with Gasteiger partial charge in [0.25, 0.3) is 0 Å². The molecule has 0 radical (unpaired) electrons. The molecule has 16 heavy (non-hydrogen) atoms. The number of primary sulfonamides is 1. The Hall–Kier alpha value is -0.760. The fourth-order valence-electron chi connectivity index (χ4n) is 1.10. The normalized spacial score (nSPS) is 11.6. The minimum absolute atomic E-state index is 0.0130. The highest BCUT2D eigenvalue weighted by Gasteiger charge is 2.09. The second-order valence-corrected chi connectivity index (χ2v) is 5.94. The van der Waals surface area contributed by atoms with Gasteiger partial charge in [0, 0.05) is 22.9 Å². The van der Waals surface area contributed by atoms with E-state index in [4.69, 9.17) is 16.0 Å². The van der Waals surface area contributed by atoms with Crippen LogP contribution in [0.5, 0.6) is 0 Å². The second kappa shape index (κ2) is 5.53. The Kier molecular flexibility index (Phi) is 4.60. The first-order valence-electron chi connectivity index (χ1n) is 4.60. The first-order chi connectivity index (χ1) is 7.43. The summed E-state index contributed by atoms with van der Waals surface area (Å²) in [6.07, 6.45) is 0.643. The van der Waals surface area contributed by atoms with Crippen LogP contribution < -0.4 is 10.9 Å². The van der Waals surface area contributed by atoms with Crippen LogP contribution in [0.25, 0.3) is 0 Å². The summed E-state index contributed by atoms with van der Waals surface area (Å²) in [5.41, 5.74) is 5.94. The maximum absolute atomic E-state index is 11.1. The van der Waals surface area contributed by atoms with E-state index in [-0.39, 0.29) is 11.5 Å². The number of hydrogen-bond donors (Lipinski definition) is 3. The highest BCUT2D eigenvalue weighted by molar-refractivity contribution is 7.99. The lowest BCUT2D eigenvalue weighted by molar-refractivity contribution is 0.296. The van der Waals surface area contributed by atoms with E-state index in [1.165, 1.54) is 23.9 Å². The average Bonchev–Trinajstić information content (AvgIpc) is 2.16. The van der Waals surface area contributed by atoms with Crippen LogP contribution in [0.2, 0.25) is 0 Å². The lowest BCUT2D eigenvalue weighted by atomic mass is 10.3. The van der Waals surface area contributed by atoms with Crippen LogP contribution in [0, 0.1) is 0 Å². The molecule has 1 aromatic carbocycles. The fraction of sp³-hybridized carbons (Fsp3) is 0.333. The van der Waals surface area contributed by atoms with Crippen molar-refractivity contribution in [2.24, 2.45) is 5.14 Å². The molecule has 0 saturated heterocycles. The highest BCUT2D eigenvalue weighted by Crippen LogP contribution is 2.24. The maximum atomic E-state index is 11.1. The zero-order chi connectivity index (χ0) is 12.2. The van der Waals surface area contributed by atoms with Crippen molar-refractivity contribution in [3.63, 3.8) is 0 Å². The topological polar surface area (TPSA) is 106 Å². The fourth-order valence-corrected chi connectivity index (χ4v) is 2.70. The van der Waals surface area contributed by atoms with Crippen molar-refractivity contribution >= 4 is 27.5 Å². The molecular weight excluding hydrogens is 248 g/mol. The number of sulfonamides is 1. The van der Waals surface area contributed by atoms with E-state index in [0.29, 0.717) is 17.9 Å². The molecule has 90 valence electrons. The van der Waals surface area contributed by atoms with Crippen molar-refractivity contribution in [2.45, 2.75) is 16.2 Å². The van der Waals surface area contributed by atoms with E-state index in [0.717, 1.165) is 4.90 Å². The van der Waals surface area contributed by atoms with Gasteiger partial charge in [0.2, 0.25) is 10.0 Å². The summed E-state index contributed by atoms with van der Waals surface area (Å²) in [4.78, 5) is 0.747. The SMILES string of the molecule is Nc1cc(SCCCO)cc(S(N)(=O)=O)c1. The third-order valence-electron chi connectivity index (χ3n) is 1.80. The summed E-state index contributed by atoms with van der Waals surface area (Å²) in [6.45, 7) is 0.108. The lowest BCUT2D eigenvalue weighted by Crippen LogP contribution is -2.12. The van der Waals surface area contributed by atoms with Crippen molar-refractivity contribution in [1.29, 1.82) is 0 Å². The number of nitrogens with two attached hydrogens (primary N) is 2. The molecule has 7 heteroatoms. The Morgan fingerprint density at radius 1 is 1.31 bits per heavy atom. The summed E-state index contributed by atoms with van der Waals surface area (Å²) in [5, 5.41) is 13.6. The molecule has 0 aliphatic heterocycles. The highest BCUT2D eigenvalue weighted by atomic mass is 32.2. The van der Waals surface area contributed by atoms with Gasteiger partial charge in [-0.1, -0.05) is 0 Å². The van der Waals surface area contributed by atoms with Crippen LogP contribution in [-0.4, -0.2) is 25.9 Å². The molecule has 5 nitrogen and oxygen atoms in total. The first-order valence-corrected chi connectivity index (χ1v) is 7.13. The predicted molar refractivity (Wildman–Crippen MR) is 64.7 cm³/mol. The second-order valence-electron chi connectivity index (χ2n) is 3.21. The molecule has 0 spiro atoms. The van der Waals surface area contributed by atoms with Crippen molar-refractivity contribution in [1.82, 2.24) is 0 Å². The van der Waals surface area contributed by atoms with E-state index < -0.39 is 10.0 Å². The molecule has 0 aliphatic rings. The monoisotopic (exact) mass is 262 g/mol. The summed E-state index contributed by atoms with van der Waals surface area (Å²) in [5.74, 6) is 0.698. The molecule has 5 N–H and O–H groups in total. The van der Waals surface area contributed by atoms with Gasteiger partial charge in [-0.25, -0.2) is 13.6 Å². The molecule has 0 aliphatic carbocycles. The zero-order valence-corrected chi connectivity index (χ0v) is 10.2. The Bertz CT molecular complexity index is 460. The van der Waals surface area contributed by atoms with E-state index in [2.05, 4.69) is 0 Å². The number of benzene rings is 1.